The van der Waals surface area contributed by atoms with Gasteiger partial charge in [-0.2, -0.15) is 0 Å². The fourth-order valence-corrected chi connectivity index (χ4v) is 4.77. The smallest absolute Gasteiger partial charge is 0.243 e. The van der Waals surface area contributed by atoms with Crippen molar-refractivity contribution >= 4 is 5.57 Å². The van der Waals surface area contributed by atoms with Gasteiger partial charge >= 0.3 is 0 Å². The molecule has 2 heteroatoms. The molecule has 0 saturated carbocycles. The molecule has 1 aliphatic carbocycles. The molecule has 1 heterocycles. The molecule has 0 atom stereocenters. The molecule has 0 N–H and O–H groups in total. The molecule has 0 spiro atoms. The summed E-state index contributed by atoms with van der Waals surface area (Å²) in [4.78, 5) is 0. The number of hydrogen-bond acceptors (Lipinski definition) is 0. The highest BCUT2D eigenvalue weighted by molar-refractivity contribution is 5.76. The zero-order valence-corrected chi connectivity index (χ0v) is 19.3. The number of aromatic nitrogens is 2. The Morgan fingerprint density at radius 3 is 2.30 bits per heavy atom. The third-order valence-electron chi connectivity index (χ3n) is 6.47. The van der Waals surface area contributed by atoms with Crippen LogP contribution in [0.2, 0.25) is 0 Å². The summed E-state index contributed by atoms with van der Waals surface area (Å²) >= 11 is 0. The van der Waals surface area contributed by atoms with Crippen molar-refractivity contribution in [2.24, 2.45) is 0 Å². The number of nitrogens with zero attached hydrogens (tertiary/aromatic N) is 2. The Morgan fingerprint density at radius 1 is 0.967 bits per heavy atom. The first kappa shape index (κ1) is 20.7. The summed E-state index contributed by atoms with van der Waals surface area (Å²) in [5, 5.41) is 0. The lowest BCUT2D eigenvalue weighted by molar-refractivity contribution is -0.699. The van der Waals surface area contributed by atoms with E-state index in [0.717, 1.165) is 19.4 Å². The molecule has 0 aliphatic heterocycles. The topological polar surface area (TPSA) is 8.81 Å². The van der Waals surface area contributed by atoms with Gasteiger partial charge in [-0.1, -0.05) is 64.1 Å². The Hall–Kier alpha value is -2.61. The summed E-state index contributed by atoms with van der Waals surface area (Å²) in [6, 6.07) is 11.2. The minimum absolute atomic E-state index is 0.481. The third kappa shape index (κ3) is 3.76. The highest BCUT2D eigenvalue weighted by Gasteiger charge is 2.19. The number of aryl methyl sites for hydroxylation is 3. The second-order valence-electron chi connectivity index (χ2n) is 9.29. The van der Waals surface area contributed by atoms with Crippen molar-refractivity contribution in [2.45, 2.75) is 72.8 Å². The number of rotatable bonds is 6. The Morgan fingerprint density at radius 2 is 1.63 bits per heavy atom. The van der Waals surface area contributed by atoms with Crippen LogP contribution in [0.4, 0.5) is 0 Å². The number of hydrogen-bond donors (Lipinski definition) is 0. The van der Waals surface area contributed by atoms with Gasteiger partial charge in [-0.15, -0.1) is 0 Å². The molecular weight excluding hydrogens is 364 g/mol. The predicted molar refractivity (Wildman–Crippen MR) is 125 cm³/mol. The molecule has 156 valence electrons. The van der Waals surface area contributed by atoms with Gasteiger partial charge in [0.05, 0.1) is 12.2 Å². The molecule has 0 fully saturated rings. The van der Waals surface area contributed by atoms with Gasteiger partial charge in [0.15, 0.2) is 0 Å². The molecule has 0 radical (unpaired) electrons. The number of allylic oxidation sites excluding steroid dienone is 2. The average molecular weight is 399 g/mol. The Labute approximate surface area is 181 Å². The number of fused-ring (bicyclic) bond motifs is 1. The summed E-state index contributed by atoms with van der Waals surface area (Å²) in [6.45, 7) is 14.5. The second kappa shape index (κ2) is 8.26. The van der Waals surface area contributed by atoms with E-state index >= 15 is 0 Å². The molecular formula is C28H34N2. The second-order valence-corrected chi connectivity index (χ2v) is 9.29. The van der Waals surface area contributed by atoms with E-state index in [0.29, 0.717) is 11.8 Å². The van der Waals surface area contributed by atoms with Crippen LogP contribution in [0.25, 0.3) is 11.3 Å². The Kier molecular flexibility index (Phi) is 5.69. The third-order valence-corrected chi connectivity index (χ3v) is 6.47. The molecule has 0 unspecified atom stereocenters. The van der Waals surface area contributed by atoms with E-state index in [9.17, 15) is 0 Å². The molecule has 2 nitrogen and oxygen atoms in total. The van der Waals surface area contributed by atoms with Crippen LogP contribution in [-0.4, -0.2) is 4.57 Å². The Balaban J connectivity index is 1.59. The number of imidazole rings is 1. The fraction of sp³-hybridized carbons (Fsp3) is 0.393. The summed E-state index contributed by atoms with van der Waals surface area (Å²) in [6.07, 6.45) is 12.5. The average Bonchev–Trinajstić information content (AvgIpc) is 3.36. The van der Waals surface area contributed by atoms with Crippen molar-refractivity contribution in [1.29, 1.82) is 0 Å². The summed E-state index contributed by atoms with van der Waals surface area (Å²) in [7, 11) is 0. The lowest BCUT2D eigenvalue weighted by Gasteiger charge is -2.20. The van der Waals surface area contributed by atoms with Crippen LogP contribution in [0.5, 0.6) is 0 Å². The van der Waals surface area contributed by atoms with E-state index in [-0.39, 0.29) is 0 Å². The summed E-state index contributed by atoms with van der Waals surface area (Å²) < 4.78 is 4.42. The molecule has 30 heavy (non-hydrogen) atoms. The fourth-order valence-electron chi connectivity index (χ4n) is 4.77. The van der Waals surface area contributed by atoms with Gasteiger partial charge in [-0.05, 0) is 71.1 Å². The van der Waals surface area contributed by atoms with Crippen molar-refractivity contribution < 1.29 is 4.57 Å². The lowest BCUT2D eigenvalue weighted by Crippen LogP contribution is -2.31. The van der Waals surface area contributed by atoms with Crippen LogP contribution in [0.3, 0.4) is 0 Å². The van der Waals surface area contributed by atoms with E-state index in [2.05, 4.69) is 106 Å². The van der Waals surface area contributed by atoms with E-state index < -0.39 is 0 Å². The highest BCUT2D eigenvalue weighted by atomic mass is 15.1. The van der Waals surface area contributed by atoms with E-state index in [1.165, 1.54) is 44.6 Å². The minimum Gasteiger partial charge on any atom is -0.326 e. The normalized spacial score (nSPS) is 13.3. The van der Waals surface area contributed by atoms with Crippen LogP contribution < -0.4 is 4.57 Å². The molecule has 1 aliphatic rings. The van der Waals surface area contributed by atoms with Crippen LogP contribution in [0, 0.1) is 20.2 Å². The SMILES string of the molecule is Cc1ccc(C)c2c1CC=C2CC[n+]1[c-]n(-c2c(C(C)C)cccc2C(C)C)cc1. The zero-order valence-electron chi connectivity index (χ0n) is 19.3. The van der Waals surface area contributed by atoms with Gasteiger partial charge in [0.1, 0.15) is 0 Å². The van der Waals surface area contributed by atoms with Gasteiger partial charge < -0.3 is 9.13 Å². The van der Waals surface area contributed by atoms with Crippen LogP contribution >= 0.6 is 0 Å². The standard InChI is InChI=1S/C28H34N2/c1-19(2)24-8-7-9-25(20(3)4)28(24)30-17-16-29(18-30)15-14-23-12-13-26-21(5)10-11-22(6)27(23)26/h7-12,16-17,19-20H,13-15H2,1-6H3. The lowest BCUT2D eigenvalue weighted by atomic mass is 9.92. The summed E-state index contributed by atoms with van der Waals surface area (Å²) in [5.74, 6) is 0.962. The highest BCUT2D eigenvalue weighted by Crippen LogP contribution is 2.34. The van der Waals surface area contributed by atoms with Gasteiger partial charge in [-0.3, -0.25) is 0 Å². The van der Waals surface area contributed by atoms with Crippen LogP contribution in [0.15, 0.2) is 48.8 Å². The van der Waals surface area contributed by atoms with Gasteiger partial charge in [0.25, 0.3) is 0 Å². The maximum absolute atomic E-state index is 3.60. The molecule has 1 aromatic heterocycles. The molecule has 0 amide bonds. The Bertz CT molecular complexity index is 1070. The van der Waals surface area contributed by atoms with Crippen LogP contribution in [0.1, 0.15) is 79.3 Å². The minimum atomic E-state index is 0.481. The largest absolute Gasteiger partial charge is 0.326 e. The quantitative estimate of drug-likeness (QED) is 0.333. The van der Waals surface area contributed by atoms with Crippen LogP contribution in [-0.2, 0) is 13.0 Å². The molecule has 3 aromatic rings. The number of benzene rings is 2. The maximum atomic E-state index is 3.60. The van der Waals surface area contributed by atoms with Crippen molar-refractivity contribution in [3.63, 3.8) is 0 Å². The number of para-hydroxylation sites is 1. The van der Waals surface area contributed by atoms with E-state index in [1.807, 2.05) is 0 Å². The first-order valence-electron chi connectivity index (χ1n) is 11.3. The monoisotopic (exact) mass is 398 g/mol. The molecule has 4 rings (SSSR count). The van der Waals surface area contributed by atoms with Gasteiger partial charge in [-0.25, -0.2) is 0 Å². The van der Waals surface area contributed by atoms with Gasteiger partial charge in [0.2, 0.25) is 6.33 Å². The van der Waals surface area contributed by atoms with E-state index in [1.54, 1.807) is 0 Å². The first-order valence-corrected chi connectivity index (χ1v) is 11.3. The molecule has 2 aromatic carbocycles. The van der Waals surface area contributed by atoms with Gasteiger partial charge in [0, 0.05) is 18.8 Å². The predicted octanol–water partition coefficient (Wildman–Crippen LogP) is 6.46. The first-order chi connectivity index (χ1) is 14.4. The van der Waals surface area contributed by atoms with Crippen molar-refractivity contribution in [3.8, 4) is 5.69 Å². The zero-order chi connectivity index (χ0) is 21.4. The summed E-state index contributed by atoms with van der Waals surface area (Å²) in [5.41, 5.74) is 11.4. The van der Waals surface area contributed by atoms with Crippen molar-refractivity contribution in [1.82, 2.24) is 4.57 Å². The maximum Gasteiger partial charge on any atom is 0.243 e. The molecule has 0 bridgehead atoms. The van der Waals surface area contributed by atoms with Crippen molar-refractivity contribution in [2.75, 3.05) is 0 Å². The molecule has 0 saturated heterocycles. The van der Waals surface area contributed by atoms with E-state index in [4.69, 9.17) is 0 Å². The van der Waals surface area contributed by atoms with Crippen molar-refractivity contribution in [3.05, 3.63) is 88.5 Å².